The molecule has 2 aromatic rings. The van der Waals surface area contributed by atoms with Crippen LogP contribution in [0.1, 0.15) is 0 Å². The maximum atomic E-state index is 5.58. The first-order valence-electron chi connectivity index (χ1n) is 5.52. The highest BCUT2D eigenvalue weighted by atomic mass is 14.8. The molecule has 0 spiro atoms. The Hall–Kier alpha value is -2.62. The quantitative estimate of drug-likeness (QED) is 0.637. The maximum Gasteiger partial charge on any atom is 0.0631 e. The molecule has 4 N–H and O–H groups in total. The first-order valence-corrected chi connectivity index (χ1v) is 5.52. The molecule has 18 heavy (non-hydrogen) atoms. The van der Waals surface area contributed by atoms with Gasteiger partial charge in [-0.15, -0.1) is 0 Å². The summed E-state index contributed by atoms with van der Waals surface area (Å²) in [6.45, 7) is 0. The molecule has 0 aromatic heterocycles. The second kappa shape index (κ2) is 5.63. The van der Waals surface area contributed by atoms with Crippen molar-refractivity contribution in [3.63, 3.8) is 0 Å². The van der Waals surface area contributed by atoms with Crippen molar-refractivity contribution in [3.8, 4) is 0 Å². The molecule has 2 aromatic carbocycles. The van der Waals surface area contributed by atoms with Gasteiger partial charge in [-0.2, -0.15) is 0 Å². The van der Waals surface area contributed by atoms with Gasteiger partial charge in [-0.1, -0.05) is 0 Å². The Morgan fingerprint density at radius 3 is 1.28 bits per heavy atom. The fourth-order valence-electron chi connectivity index (χ4n) is 1.36. The summed E-state index contributed by atoms with van der Waals surface area (Å²) in [5.74, 6) is 0. The Labute approximate surface area is 106 Å². The van der Waals surface area contributed by atoms with Gasteiger partial charge in [0.1, 0.15) is 0 Å². The number of anilines is 2. The number of benzene rings is 2. The summed E-state index contributed by atoms with van der Waals surface area (Å²) in [7, 11) is 0. The van der Waals surface area contributed by atoms with Crippen LogP contribution in [0.3, 0.4) is 0 Å². The highest BCUT2D eigenvalue weighted by Crippen LogP contribution is 2.14. The molecule has 0 saturated carbocycles. The molecule has 0 bridgehead atoms. The van der Waals surface area contributed by atoms with Gasteiger partial charge in [-0.05, 0) is 48.5 Å². The molecule has 0 aliphatic heterocycles. The molecule has 0 aliphatic rings. The van der Waals surface area contributed by atoms with Crippen LogP contribution in [0.2, 0.25) is 0 Å². The van der Waals surface area contributed by atoms with E-state index in [-0.39, 0.29) is 0 Å². The van der Waals surface area contributed by atoms with Crippen molar-refractivity contribution >= 4 is 35.2 Å². The summed E-state index contributed by atoms with van der Waals surface area (Å²) in [6.07, 6.45) is 3.28. The van der Waals surface area contributed by atoms with Crippen LogP contribution in [0.4, 0.5) is 22.7 Å². The summed E-state index contributed by atoms with van der Waals surface area (Å²) in [6, 6.07) is 14.6. The molecule has 0 heterocycles. The lowest BCUT2D eigenvalue weighted by Gasteiger charge is -1.94. The van der Waals surface area contributed by atoms with Crippen molar-refractivity contribution in [1.29, 1.82) is 0 Å². The lowest BCUT2D eigenvalue weighted by molar-refractivity contribution is 1.53. The van der Waals surface area contributed by atoms with Crippen LogP contribution in [0.15, 0.2) is 58.5 Å². The number of hydrogen-bond acceptors (Lipinski definition) is 4. The number of hydrogen-bond donors (Lipinski definition) is 2. The van der Waals surface area contributed by atoms with E-state index in [0.717, 1.165) is 22.7 Å². The SMILES string of the molecule is Nc1ccc(N=CC=Nc2ccc(N)cc2)cc1. The molecule has 2 rings (SSSR count). The third-order valence-corrected chi connectivity index (χ3v) is 2.30. The Kier molecular flexibility index (Phi) is 3.71. The predicted octanol–water partition coefficient (Wildman–Crippen LogP) is 2.96. The van der Waals surface area contributed by atoms with Crippen LogP contribution in [-0.4, -0.2) is 12.4 Å². The first kappa shape index (κ1) is 11.9. The molecule has 0 unspecified atom stereocenters. The molecular weight excluding hydrogens is 224 g/mol. The van der Waals surface area contributed by atoms with E-state index >= 15 is 0 Å². The third-order valence-electron chi connectivity index (χ3n) is 2.30. The molecule has 0 amide bonds. The summed E-state index contributed by atoms with van der Waals surface area (Å²) in [5.41, 5.74) is 14.3. The van der Waals surface area contributed by atoms with E-state index in [1.807, 2.05) is 48.5 Å². The summed E-state index contributed by atoms with van der Waals surface area (Å²) >= 11 is 0. The van der Waals surface area contributed by atoms with Crippen molar-refractivity contribution in [1.82, 2.24) is 0 Å². The van der Waals surface area contributed by atoms with Crippen molar-refractivity contribution in [2.45, 2.75) is 0 Å². The number of nitrogen functional groups attached to an aromatic ring is 2. The van der Waals surface area contributed by atoms with Gasteiger partial charge in [-0.3, -0.25) is 9.98 Å². The fraction of sp³-hybridized carbons (Fsp3) is 0. The smallest absolute Gasteiger partial charge is 0.0631 e. The molecule has 0 atom stereocenters. The molecule has 4 heteroatoms. The average molecular weight is 238 g/mol. The van der Waals surface area contributed by atoms with Gasteiger partial charge in [0, 0.05) is 23.8 Å². The largest absolute Gasteiger partial charge is 0.399 e. The summed E-state index contributed by atoms with van der Waals surface area (Å²) < 4.78 is 0. The highest BCUT2D eigenvalue weighted by Gasteiger charge is 1.87. The minimum atomic E-state index is 0.726. The molecule has 0 radical (unpaired) electrons. The Bertz CT molecular complexity index is 500. The second-order valence-electron chi connectivity index (χ2n) is 3.74. The van der Waals surface area contributed by atoms with E-state index in [2.05, 4.69) is 9.98 Å². The minimum Gasteiger partial charge on any atom is -0.399 e. The number of nitrogens with two attached hydrogens (primary N) is 2. The molecule has 0 saturated heterocycles. The topological polar surface area (TPSA) is 76.8 Å². The second-order valence-corrected chi connectivity index (χ2v) is 3.74. The maximum absolute atomic E-state index is 5.58. The van der Waals surface area contributed by atoms with E-state index < -0.39 is 0 Å². The summed E-state index contributed by atoms with van der Waals surface area (Å²) in [4.78, 5) is 8.45. The van der Waals surface area contributed by atoms with E-state index in [0.29, 0.717) is 0 Å². The Morgan fingerprint density at radius 1 is 0.611 bits per heavy atom. The zero-order valence-corrected chi connectivity index (χ0v) is 9.82. The van der Waals surface area contributed by atoms with Crippen LogP contribution in [0.25, 0.3) is 0 Å². The van der Waals surface area contributed by atoms with Gasteiger partial charge < -0.3 is 11.5 Å². The first-order chi connectivity index (χ1) is 8.74. The number of aliphatic imine (C=N–C) groups is 2. The lowest BCUT2D eigenvalue weighted by Crippen LogP contribution is -1.82. The van der Waals surface area contributed by atoms with Gasteiger partial charge in [0.25, 0.3) is 0 Å². The van der Waals surface area contributed by atoms with Crippen LogP contribution in [0, 0.1) is 0 Å². The fourth-order valence-corrected chi connectivity index (χ4v) is 1.36. The van der Waals surface area contributed by atoms with E-state index in [1.165, 1.54) is 0 Å². The van der Waals surface area contributed by atoms with Gasteiger partial charge in [0.2, 0.25) is 0 Å². The van der Waals surface area contributed by atoms with Crippen molar-refractivity contribution in [3.05, 3.63) is 48.5 Å². The van der Waals surface area contributed by atoms with Crippen LogP contribution < -0.4 is 11.5 Å². The number of nitrogens with zero attached hydrogens (tertiary/aromatic N) is 2. The van der Waals surface area contributed by atoms with E-state index in [1.54, 1.807) is 12.4 Å². The van der Waals surface area contributed by atoms with Crippen LogP contribution in [-0.2, 0) is 0 Å². The zero-order chi connectivity index (χ0) is 12.8. The van der Waals surface area contributed by atoms with Crippen molar-refractivity contribution < 1.29 is 0 Å². The third kappa shape index (κ3) is 3.45. The van der Waals surface area contributed by atoms with E-state index in [9.17, 15) is 0 Å². The number of rotatable bonds is 3. The average Bonchev–Trinajstić information content (AvgIpc) is 2.39. The van der Waals surface area contributed by atoms with Crippen molar-refractivity contribution in [2.75, 3.05) is 11.5 Å². The minimum absolute atomic E-state index is 0.726. The van der Waals surface area contributed by atoms with E-state index in [4.69, 9.17) is 11.5 Å². The molecule has 0 aliphatic carbocycles. The zero-order valence-electron chi connectivity index (χ0n) is 9.82. The molecular formula is C14H14N4. The monoisotopic (exact) mass is 238 g/mol. The Morgan fingerprint density at radius 2 is 0.944 bits per heavy atom. The predicted molar refractivity (Wildman–Crippen MR) is 78.0 cm³/mol. The molecule has 0 fully saturated rings. The molecule has 90 valence electrons. The standard InChI is InChI=1S/C14H14N4/c15-11-1-5-13(6-2-11)17-9-10-18-14-7-3-12(16)4-8-14/h1-10H,15-16H2. The van der Waals surface area contributed by atoms with Gasteiger partial charge in [-0.25, -0.2) is 0 Å². The normalized spacial score (nSPS) is 11.3. The van der Waals surface area contributed by atoms with Gasteiger partial charge >= 0.3 is 0 Å². The Balaban J connectivity index is 1.98. The van der Waals surface area contributed by atoms with Crippen LogP contribution in [0.5, 0.6) is 0 Å². The lowest BCUT2D eigenvalue weighted by atomic mass is 10.3. The van der Waals surface area contributed by atoms with Crippen LogP contribution >= 0.6 is 0 Å². The van der Waals surface area contributed by atoms with Gasteiger partial charge in [0.05, 0.1) is 11.4 Å². The van der Waals surface area contributed by atoms with Crippen molar-refractivity contribution in [2.24, 2.45) is 9.98 Å². The summed E-state index contributed by atoms with van der Waals surface area (Å²) in [5, 5.41) is 0. The molecule has 4 nitrogen and oxygen atoms in total. The van der Waals surface area contributed by atoms with Gasteiger partial charge in [0.15, 0.2) is 0 Å². The highest BCUT2D eigenvalue weighted by molar-refractivity contribution is 6.17.